The highest BCUT2D eigenvalue weighted by Crippen LogP contribution is 2.14. The molecule has 2 rings (SSSR count). The minimum Gasteiger partial charge on any atom is -0.357 e. The van der Waals surface area contributed by atoms with Gasteiger partial charge in [0.25, 0.3) is 0 Å². The lowest BCUT2D eigenvalue weighted by molar-refractivity contribution is 0.214. The largest absolute Gasteiger partial charge is 0.357 e. The van der Waals surface area contributed by atoms with Crippen LogP contribution in [0.15, 0.2) is 35.3 Å². The zero-order valence-electron chi connectivity index (χ0n) is 14.7. The number of rotatable bonds is 7. The Hall–Kier alpha value is -1.55. The van der Waals surface area contributed by atoms with E-state index in [1.807, 2.05) is 0 Å². The molecule has 0 aliphatic carbocycles. The molecule has 128 valence electrons. The highest BCUT2D eigenvalue weighted by Gasteiger charge is 2.16. The summed E-state index contributed by atoms with van der Waals surface area (Å²) >= 11 is 0. The molecule has 0 spiro atoms. The average molecular weight is 316 g/mol. The van der Waals surface area contributed by atoms with Crippen molar-refractivity contribution < 1.29 is 0 Å². The molecule has 1 atom stereocenters. The van der Waals surface area contributed by atoms with Crippen LogP contribution < -0.4 is 10.6 Å². The molecule has 1 aromatic rings. The van der Waals surface area contributed by atoms with Crippen molar-refractivity contribution in [2.24, 2.45) is 10.9 Å². The number of hydrogen-bond donors (Lipinski definition) is 2. The number of likely N-dealkylation sites (tertiary alicyclic amines) is 1. The first-order valence-corrected chi connectivity index (χ1v) is 9.02. The normalized spacial score (nSPS) is 19.6. The van der Waals surface area contributed by atoms with Crippen molar-refractivity contribution in [2.45, 2.75) is 32.6 Å². The molecule has 1 aromatic carbocycles. The average Bonchev–Trinajstić information content (AvgIpc) is 2.57. The van der Waals surface area contributed by atoms with Gasteiger partial charge >= 0.3 is 0 Å². The smallest absolute Gasteiger partial charge is 0.191 e. The minimum atomic E-state index is 0.702. The fourth-order valence-electron chi connectivity index (χ4n) is 3.13. The number of guanidine groups is 1. The number of nitrogens with zero attached hydrogens (tertiary/aromatic N) is 2. The van der Waals surface area contributed by atoms with Crippen LogP contribution >= 0.6 is 0 Å². The van der Waals surface area contributed by atoms with Gasteiger partial charge in [-0.3, -0.25) is 4.99 Å². The highest BCUT2D eigenvalue weighted by atomic mass is 15.2. The molecule has 1 unspecified atom stereocenters. The summed E-state index contributed by atoms with van der Waals surface area (Å²) in [5, 5.41) is 6.82. The number of piperidine rings is 1. The van der Waals surface area contributed by atoms with Crippen LogP contribution in [0.5, 0.6) is 0 Å². The molecule has 4 nitrogen and oxygen atoms in total. The molecule has 1 aliphatic rings. The zero-order valence-corrected chi connectivity index (χ0v) is 14.7. The number of nitrogens with one attached hydrogen (secondary N) is 2. The maximum absolute atomic E-state index is 4.78. The number of aryl methyl sites for hydroxylation is 1. The SMILES string of the molecule is CCNC(=NCC1CCCN(C)C1)NCCCc1ccccc1. The summed E-state index contributed by atoms with van der Waals surface area (Å²) in [6.45, 7) is 7.34. The Morgan fingerprint density at radius 2 is 2.09 bits per heavy atom. The first-order chi connectivity index (χ1) is 11.3. The van der Waals surface area contributed by atoms with Crippen LogP contribution in [0.25, 0.3) is 0 Å². The lowest BCUT2D eigenvalue weighted by atomic mass is 9.99. The predicted molar refractivity (Wildman–Crippen MR) is 99.0 cm³/mol. The number of hydrogen-bond acceptors (Lipinski definition) is 2. The van der Waals surface area contributed by atoms with Crippen LogP contribution in [0.4, 0.5) is 0 Å². The zero-order chi connectivity index (χ0) is 16.3. The van der Waals surface area contributed by atoms with Crippen LogP contribution in [-0.2, 0) is 6.42 Å². The van der Waals surface area contributed by atoms with E-state index >= 15 is 0 Å². The van der Waals surface area contributed by atoms with Crippen molar-refractivity contribution in [3.8, 4) is 0 Å². The molecular formula is C19H32N4. The van der Waals surface area contributed by atoms with Crippen LogP contribution in [0, 0.1) is 5.92 Å². The predicted octanol–water partition coefficient (Wildman–Crippen LogP) is 2.52. The Kier molecular flexibility index (Phi) is 7.95. The van der Waals surface area contributed by atoms with Crippen molar-refractivity contribution in [3.05, 3.63) is 35.9 Å². The van der Waals surface area contributed by atoms with Crippen LogP contribution in [0.2, 0.25) is 0 Å². The van der Waals surface area contributed by atoms with Gasteiger partial charge in [0.15, 0.2) is 5.96 Å². The minimum absolute atomic E-state index is 0.702. The van der Waals surface area contributed by atoms with Gasteiger partial charge in [-0.15, -0.1) is 0 Å². The fraction of sp³-hybridized carbons (Fsp3) is 0.632. The summed E-state index contributed by atoms with van der Waals surface area (Å²) in [6, 6.07) is 10.7. The maximum Gasteiger partial charge on any atom is 0.191 e. The molecule has 1 fully saturated rings. The third kappa shape index (κ3) is 7.04. The van der Waals surface area contributed by atoms with E-state index in [4.69, 9.17) is 4.99 Å². The van der Waals surface area contributed by atoms with Gasteiger partial charge in [0.05, 0.1) is 0 Å². The van der Waals surface area contributed by atoms with Gasteiger partial charge in [-0.25, -0.2) is 0 Å². The Bertz CT molecular complexity index is 458. The van der Waals surface area contributed by atoms with Gasteiger partial charge in [0, 0.05) is 26.2 Å². The molecule has 0 saturated carbocycles. The summed E-state index contributed by atoms with van der Waals surface area (Å²) in [6.07, 6.45) is 4.85. The van der Waals surface area contributed by atoms with E-state index in [2.05, 4.69) is 59.8 Å². The molecule has 1 aliphatic heterocycles. The van der Waals surface area contributed by atoms with E-state index in [1.165, 1.54) is 31.5 Å². The second kappa shape index (κ2) is 10.3. The Morgan fingerprint density at radius 1 is 1.26 bits per heavy atom. The second-order valence-corrected chi connectivity index (χ2v) is 6.51. The van der Waals surface area contributed by atoms with Gasteiger partial charge in [0.1, 0.15) is 0 Å². The lowest BCUT2D eigenvalue weighted by Crippen LogP contribution is -2.39. The molecule has 1 saturated heterocycles. The summed E-state index contributed by atoms with van der Waals surface area (Å²) in [7, 11) is 2.21. The fourth-order valence-corrected chi connectivity index (χ4v) is 3.13. The molecule has 1 heterocycles. The molecule has 0 radical (unpaired) electrons. The van der Waals surface area contributed by atoms with Crippen LogP contribution in [-0.4, -0.2) is 50.6 Å². The molecule has 2 N–H and O–H groups in total. The monoisotopic (exact) mass is 316 g/mol. The Labute approximate surface area is 141 Å². The first kappa shape index (κ1) is 17.8. The van der Waals surface area contributed by atoms with E-state index in [0.717, 1.165) is 38.4 Å². The highest BCUT2D eigenvalue weighted by molar-refractivity contribution is 5.79. The van der Waals surface area contributed by atoms with Crippen molar-refractivity contribution in [3.63, 3.8) is 0 Å². The second-order valence-electron chi connectivity index (χ2n) is 6.51. The maximum atomic E-state index is 4.78. The third-order valence-corrected chi connectivity index (χ3v) is 4.35. The topological polar surface area (TPSA) is 39.7 Å². The molecule has 23 heavy (non-hydrogen) atoms. The van der Waals surface area contributed by atoms with Crippen LogP contribution in [0.3, 0.4) is 0 Å². The van der Waals surface area contributed by atoms with Crippen molar-refractivity contribution in [1.29, 1.82) is 0 Å². The standard InChI is InChI=1S/C19H32N4/c1-3-20-19(22-15-18-12-8-14-23(2)16-18)21-13-7-11-17-9-5-4-6-10-17/h4-6,9-10,18H,3,7-8,11-16H2,1-2H3,(H2,20,21,22). The van der Waals surface area contributed by atoms with Gasteiger partial charge < -0.3 is 15.5 Å². The first-order valence-electron chi connectivity index (χ1n) is 9.02. The van der Waals surface area contributed by atoms with Crippen molar-refractivity contribution in [2.75, 3.05) is 39.8 Å². The van der Waals surface area contributed by atoms with E-state index in [9.17, 15) is 0 Å². The van der Waals surface area contributed by atoms with Gasteiger partial charge in [-0.2, -0.15) is 0 Å². The third-order valence-electron chi connectivity index (χ3n) is 4.35. The van der Waals surface area contributed by atoms with Gasteiger partial charge in [0.2, 0.25) is 0 Å². The van der Waals surface area contributed by atoms with E-state index in [-0.39, 0.29) is 0 Å². The lowest BCUT2D eigenvalue weighted by Gasteiger charge is -2.28. The molecule has 0 aromatic heterocycles. The van der Waals surface area contributed by atoms with Crippen molar-refractivity contribution in [1.82, 2.24) is 15.5 Å². The number of aliphatic imine (C=N–C) groups is 1. The van der Waals surface area contributed by atoms with E-state index < -0.39 is 0 Å². The summed E-state index contributed by atoms with van der Waals surface area (Å²) in [5.74, 6) is 1.67. The quantitative estimate of drug-likeness (QED) is 0.461. The molecule has 0 bridgehead atoms. The van der Waals surface area contributed by atoms with Gasteiger partial charge in [-0.1, -0.05) is 30.3 Å². The molecule has 0 amide bonds. The molecular weight excluding hydrogens is 284 g/mol. The summed E-state index contributed by atoms with van der Waals surface area (Å²) < 4.78 is 0. The van der Waals surface area contributed by atoms with Crippen LogP contribution in [0.1, 0.15) is 31.7 Å². The Morgan fingerprint density at radius 3 is 2.83 bits per heavy atom. The van der Waals surface area contributed by atoms with E-state index in [1.54, 1.807) is 0 Å². The van der Waals surface area contributed by atoms with Gasteiger partial charge in [-0.05, 0) is 57.7 Å². The Balaban J connectivity index is 1.70. The summed E-state index contributed by atoms with van der Waals surface area (Å²) in [4.78, 5) is 7.20. The van der Waals surface area contributed by atoms with E-state index in [0.29, 0.717) is 5.92 Å². The number of benzene rings is 1. The van der Waals surface area contributed by atoms with Crippen molar-refractivity contribution >= 4 is 5.96 Å². The summed E-state index contributed by atoms with van der Waals surface area (Å²) in [5.41, 5.74) is 1.40. The molecule has 4 heteroatoms.